The highest BCUT2D eigenvalue weighted by Crippen LogP contribution is 2.26. The minimum Gasteiger partial charge on any atom is -0.496 e. The Balaban J connectivity index is 2.61. The second-order valence-electron chi connectivity index (χ2n) is 6.79. The average molecular weight is 279 g/mol. The van der Waals surface area contributed by atoms with Crippen molar-refractivity contribution in [1.82, 2.24) is 5.32 Å². The number of aliphatic hydroxyl groups is 1. The van der Waals surface area contributed by atoms with Crippen LogP contribution in [0, 0.1) is 12.3 Å². The standard InChI is InChI=1S/C17H29NO2/c1-12-7-8-15(16(9-12)20-6)13(2)18-11-14(19)10-17(3,4)5/h7-9,13-14,18-19H,10-11H2,1-6H3. The van der Waals surface area contributed by atoms with E-state index in [0.29, 0.717) is 6.54 Å². The predicted octanol–water partition coefficient (Wildman–Crippen LogP) is 3.45. The summed E-state index contributed by atoms with van der Waals surface area (Å²) in [7, 11) is 1.69. The van der Waals surface area contributed by atoms with Crippen LogP contribution >= 0.6 is 0 Å². The number of rotatable bonds is 6. The Labute approximate surface area is 123 Å². The monoisotopic (exact) mass is 279 g/mol. The predicted molar refractivity (Wildman–Crippen MR) is 84.2 cm³/mol. The first kappa shape index (κ1) is 17.0. The Morgan fingerprint density at radius 1 is 1.30 bits per heavy atom. The molecular weight excluding hydrogens is 250 g/mol. The summed E-state index contributed by atoms with van der Waals surface area (Å²) >= 11 is 0. The van der Waals surface area contributed by atoms with Gasteiger partial charge in [-0.1, -0.05) is 32.9 Å². The maximum Gasteiger partial charge on any atom is 0.123 e. The third kappa shape index (κ3) is 5.51. The van der Waals surface area contributed by atoms with Gasteiger partial charge in [0.1, 0.15) is 5.75 Å². The third-order valence-corrected chi connectivity index (χ3v) is 3.36. The van der Waals surface area contributed by atoms with Crippen molar-refractivity contribution in [3.63, 3.8) is 0 Å². The fraction of sp³-hybridized carbons (Fsp3) is 0.647. The zero-order chi connectivity index (χ0) is 15.3. The molecule has 0 saturated heterocycles. The molecule has 2 unspecified atom stereocenters. The molecular formula is C17H29NO2. The zero-order valence-electron chi connectivity index (χ0n) is 13.7. The Morgan fingerprint density at radius 2 is 1.95 bits per heavy atom. The summed E-state index contributed by atoms with van der Waals surface area (Å²) in [6.07, 6.45) is 0.464. The molecule has 0 aliphatic carbocycles. The van der Waals surface area contributed by atoms with Gasteiger partial charge < -0.3 is 15.2 Å². The zero-order valence-corrected chi connectivity index (χ0v) is 13.7. The van der Waals surface area contributed by atoms with Crippen LogP contribution in [-0.2, 0) is 0 Å². The third-order valence-electron chi connectivity index (χ3n) is 3.36. The van der Waals surface area contributed by atoms with Gasteiger partial charge in [0.15, 0.2) is 0 Å². The van der Waals surface area contributed by atoms with Gasteiger partial charge in [0.25, 0.3) is 0 Å². The highest BCUT2D eigenvalue weighted by Gasteiger charge is 2.18. The molecule has 0 fully saturated rings. The van der Waals surface area contributed by atoms with Crippen molar-refractivity contribution in [2.75, 3.05) is 13.7 Å². The highest BCUT2D eigenvalue weighted by atomic mass is 16.5. The Morgan fingerprint density at radius 3 is 2.50 bits per heavy atom. The molecule has 0 heterocycles. The molecule has 2 atom stereocenters. The second-order valence-corrected chi connectivity index (χ2v) is 6.79. The van der Waals surface area contributed by atoms with E-state index in [9.17, 15) is 5.11 Å². The molecule has 0 bridgehead atoms. The first-order chi connectivity index (χ1) is 9.23. The fourth-order valence-corrected chi connectivity index (χ4v) is 2.38. The maximum atomic E-state index is 10.1. The van der Waals surface area contributed by atoms with Crippen molar-refractivity contribution in [2.24, 2.45) is 5.41 Å². The van der Waals surface area contributed by atoms with E-state index in [0.717, 1.165) is 17.7 Å². The largest absolute Gasteiger partial charge is 0.496 e. The number of benzene rings is 1. The normalized spacial score (nSPS) is 14.9. The fourth-order valence-electron chi connectivity index (χ4n) is 2.38. The number of aryl methyl sites for hydroxylation is 1. The van der Waals surface area contributed by atoms with Crippen molar-refractivity contribution in [3.8, 4) is 5.75 Å². The molecule has 2 N–H and O–H groups in total. The lowest BCUT2D eigenvalue weighted by atomic mass is 9.89. The first-order valence-electron chi connectivity index (χ1n) is 7.29. The van der Waals surface area contributed by atoms with E-state index in [1.807, 2.05) is 6.07 Å². The number of ether oxygens (including phenoxy) is 1. The van der Waals surface area contributed by atoms with Gasteiger partial charge >= 0.3 is 0 Å². The summed E-state index contributed by atoms with van der Waals surface area (Å²) in [5.74, 6) is 0.898. The van der Waals surface area contributed by atoms with Gasteiger partial charge in [-0.25, -0.2) is 0 Å². The molecule has 0 aliphatic rings. The lowest BCUT2D eigenvalue weighted by Crippen LogP contribution is -2.32. The smallest absolute Gasteiger partial charge is 0.123 e. The van der Waals surface area contributed by atoms with E-state index in [1.165, 1.54) is 5.56 Å². The van der Waals surface area contributed by atoms with Crippen LogP contribution in [0.1, 0.15) is 51.3 Å². The van der Waals surface area contributed by atoms with Crippen LogP contribution < -0.4 is 10.1 Å². The van der Waals surface area contributed by atoms with E-state index < -0.39 is 0 Å². The van der Waals surface area contributed by atoms with Crippen LogP contribution in [0.25, 0.3) is 0 Å². The summed E-state index contributed by atoms with van der Waals surface area (Å²) in [5, 5.41) is 13.4. The quantitative estimate of drug-likeness (QED) is 0.838. The number of hydrogen-bond acceptors (Lipinski definition) is 3. The van der Waals surface area contributed by atoms with Crippen LogP contribution in [-0.4, -0.2) is 24.9 Å². The first-order valence-corrected chi connectivity index (χ1v) is 7.29. The van der Waals surface area contributed by atoms with E-state index in [2.05, 4.69) is 52.1 Å². The van der Waals surface area contributed by atoms with Crippen molar-refractivity contribution in [1.29, 1.82) is 0 Å². The average Bonchev–Trinajstić information content (AvgIpc) is 2.33. The van der Waals surface area contributed by atoms with Gasteiger partial charge in [0.2, 0.25) is 0 Å². The summed E-state index contributed by atoms with van der Waals surface area (Å²) in [4.78, 5) is 0. The summed E-state index contributed by atoms with van der Waals surface area (Å²) in [6.45, 7) is 11.2. The molecule has 3 nitrogen and oxygen atoms in total. The summed E-state index contributed by atoms with van der Waals surface area (Å²) in [5.41, 5.74) is 2.46. The number of methoxy groups -OCH3 is 1. The molecule has 0 spiro atoms. The topological polar surface area (TPSA) is 41.5 Å². The summed E-state index contributed by atoms with van der Waals surface area (Å²) in [6, 6.07) is 6.36. The van der Waals surface area contributed by atoms with E-state index in [1.54, 1.807) is 7.11 Å². The summed E-state index contributed by atoms with van der Waals surface area (Å²) < 4.78 is 5.43. The van der Waals surface area contributed by atoms with E-state index in [-0.39, 0.29) is 17.6 Å². The lowest BCUT2D eigenvalue weighted by Gasteiger charge is -2.24. The van der Waals surface area contributed by atoms with Crippen molar-refractivity contribution in [2.45, 2.75) is 53.2 Å². The molecule has 1 aromatic rings. The lowest BCUT2D eigenvalue weighted by molar-refractivity contribution is 0.117. The van der Waals surface area contributed by atoms with Crippen molar-refractivity contribution >= 4 is 0 Å². The highest BCUT2D eigenvalue weighted by molar-refractivity contribution is 5.39. The van der Waals surface area contributed by atoms with Gasteiger partial charge in [-0.3, -0.25) is 0 Å². The molecule has 1 rings (SSSR count). The Kier molecular flexibility index (Phi) is 6.03. The molecule has 20 heavy (non-hydrogen) atoms. The van der Waals surface area contributed by atoms with Gasteiger partial charge in [0.05, 0.1) is 13.2 Å². The molecule has 0 saturated carbocycles. The molecule has 3 heteroatoms. The molecule has 1 aromatic carbocycles. The van der Waals surface area contributed by atoms with Crippen LogP contribution in [0.3, 0.4) is 0 Å². The van der Waals surface area contributed by atoms with Crippen molar-refractivity contribution in [3.05, 3.63) is 29.3 Å². The number of aliphatic hydroxyl groups excluding tert-OH is 1. The van der Waals surface area contributed by atoms with E-state index >= 15 is 0 Å². The van der Waals surface area contributed by atoms with Crippen LogP contribution in [0.15, 0.2) is 18.2 Å². The van der Waals surface area contributed by atoms with Crippen LogP contribution in [0.2, 0.25) is 0 Å². The van der Waals surface area contributed by atoms with Crippen molar-refractivity contribution < 1.29 is 9.84 Å². The maximum absolute atomic E-state index is 10.1. The van der Waals surface area contributed by atoms with Crippen LogP contribution in [0.4, 0.5) is 0 Å². The van der Waals surface area contributed by atoms with Gasteiger partial charge in [-0.15, -0.1) is 0 Å². The Bertz CT molecular complexity index is 423. The SMILES string of the molecule is COc1cc(C)ccc1C(C)NCC(O)CC(C)(C)C. The molecule has 114 valence electrons. The minimum atomic E-state index is -0.325. The number of nitrogens with one attached hydrogen (secondary N) is 1. The van der Waals surface area contributed by atoms with Gasteiger partial charge in [0, 0.05) is 18.2 Å². The van der Waals surface area contributed by atoms with Gasteiger partial charge in [-0.05, 0) is 37.3 Å². The second kappa shape index (κ2) is 7.09. The Hall–Kier alpha value is -1.06. The minimum absolute atomic E-state index is 0.145. The van der Waals surface area contributed by atoms with E-state index in [4.69, 9.17) is 4.74 Å². The molecule has 0 aromatic heterocycles. The van der Waals surface area contributed by atoms with Gasteiger partial charge in [-0.2, -0.15) is 0 Å². The number of hydrogen-bond donors (Lipinski definition) is 2. The molecule has 0 radical (unpaired) electrons. The molecule has 0 amide bonds. The van der Waals surface area contributed by atoms with Crippen LogP contribution in [0.5, 0.6) is 5.75 Å². The molecule has 0 aliphatic heterocycles.